The summed E-state index contributed by atoms with van der Waals surface area (Å²) in [6.07, 6.45) is 0. The Hall–Kier alpha value is -2.00. The van der Waals surface area contributed by atoms with Crippen molar-refractivity contribution in [2.24, 2.45) is 0 Å². The quantitative estimate of drug-likeness (QED) is 0.614. The molecule has 0 amide bonds. The van der Waals surface area contributed by atoms with Crippen LogP contribution >= 0.6 is 15.9 Å². The summed E-state index contributed by atoms with van der Waals surface area (Å²) in [7, 11) is 2.45. The molecule has 0 fully saturated rings. The van der Waals surface area contributed by atoms with Gasteiger partial charge in [0.25, 0.3) is 0 Å². The van der Waals surface area contributed by atoms with Gasteiger partial charge in [0.05, 0.1) is 11.6 Å². The van der Waals surface area contributed by atoms with Crippen molar-refractivity contribution in [2.45, 2.75) is 6.04 Å². The van der Waals surface area contributed by atoms with E-state index in [-0.39, 0.29) is 21.5 Å². The molecule has 0 aliphatic carbocycles. The first-order chi connectivity index (χ1) is 10.3. The molecule has 0 radical (unpaired) electrons. The van der Waals surface area contributed by atoms with Crippen LogP contribution < -0.4 is 5.43 Å². The third-order valence-electron chi connectivity index (χ3n) is 3.09. The number of ketones is 1. The van der Waals surface area contributed by atoms with Crippen LogP contribution in [0.3, 0.4) is 0 Å². The second kappa shape index (κ2) is 6.01. The number of hydrogen-bond donors (Lipinski definition) is 2. The molecule has 6 nitrogen and oxygen atoms in total. The zero-order chi connectivity index (χ0) is 16.6. The van der Waals surface area contributed by atoms with Gasteiger partial charge in [0.15, 0.2) is 11.8 Å². The molecule has 22 heavy (non-hydrogen) atoms. The van der Waals surface area contributed by atoms with E-state index in [1.54, 1.807) is 0 Å². The summed E-state index contributed by atoms with van der Waals surface area (Å²) in [5, 5.41) is 10.1. The largest absolute Gasteiger partial charge is 0.491 e. The second-order valence-corrected chi connectivity index (χ2v) is 5.34. The molecule has 9 heteroatoms. The first-order valence-corrected chi connectivity index (χ1v) is 6.77. The van der Waals surface area contributed by atoms with Crippen molar-refractivity contribution < 1.29 is 28.2 Å². The SMILES string of the molecule is COC1=C(c2cc(F)c(Br)cc2F)NN(C)C(C(=O)O)C1=O. The summed E-state index contributed by atoms with van der Waals surface area (Å²) in [6, 6.07) is 0.255. The molecule has 0 bridgehead atoms. The van der Waals surface area contributed by atoms with Gasteiger partial charge in [-0.3, -0.25) is 4.79 Å². The molecular weight excluding hydrogens is 366 g/mol. The zero-order valence-corrected chi connectivity index (χ0v) is 13.1. The van der Waals surface area contributed by atoms with Gasteiger partial charge in [-0.25, -0.2) is 18.6 Å². The van der Waals surface area contributed by atoms with Crippen LogP contribution in [0.4, 0.5) is 8.78 Å². The summed E-state index contributed by atoms with van der Waals surface area (Å²) in [5.74, 6) is -4.19. The maximum Gasteiger partial charge on any atom is 0.331 e. The van der Waals surface area contributed by atoms with Gasteiger partial charge in [-0.15, -0.1) is 0 Å². The number of carboxylic acids is 1. The Labute approximate surface area is 132 Å². The molecule has 0 spiro atoms. The van der Waals surface area contributed by atoms with Crippen LogP contribution in [0.1, 0.15) is 5.56 Å². The normalized spacial score (nSPS) is 19.1. The average molecular weight is 377 g/mol. The fourth-order valence-electron chi connectivity index (χ4n) is 2.09. The van der Waals surface area contributed by atoms with Crippen LogP contribution in [0.15, 0.2) is 22.4 Å². The monoisotopic (exact) mass is 376 g/mol. The number of hydrazine groups is 1. The molecule has 1 aliphatic heterocycles. The predicted molar refractivity (Wildman–Crippen MR) is 75.3 cm³/mol. The van der Waals surface area contributed by atoms with Gasteiger partial charge in [0.2, 0.25) is 5.78 Å². The number of carbonyl (C=O) groups is 2. The van der Waals surface area contributed by atoms with Crippen molar-refractivity contribution >= 4 is 33.4 Å². The summed E-state index contributed by atoms with van der Waals surface area (Å²) in [5.41, 5.74) is 2.16. The Morgan fingerprint density at radius 1 is 1.41 bits per heavy atom. The third kappa shape index (κ3) is 2.69. The molecule has 2 rings (SSSR count). The van der Waals surface area contributed by atoms with E-state index in [1.165, 1.54) is 7.05 Å². The highest BCUT2D eigenvalue weighted by atomic mass is 79.9. The van der Waals surface area contributed by atoms with Crippen molar-refractivity contribution in [3.05, 3.63) is 39.6 Å². The second-order valence-electron chi connectivity index (χ2n) is 4.48. The Balaban J connectivity index is 2.63. The molecule has 0 aromatic heterocycles. The summed E-state index contributed by atoms with van der Waals surface area (Å²) in [4.78, 5) is 23.3. The standard InChI is InChI=1S/C13H11BrF2N2O4/c1-18-10(13(20)21)11(19)12(22-2)9(17-18)5-3-8(16)6(14)4-7(5)15/h3-4,10,17H,1-2H3,(H,20,21). The third-order valence-corrected chi connectivity index (χ3v) is 3.70. The summed E-state index contributed by atoms with van der Waals surface area (Å²) >= 11 is 2.85. The van der Waals surface area contributed by atoms with Gasteiger partial charge in [-0.05, 0) is 28.1 Å². The molecule has 0 saturated heterocycles. The molecule has 1 atom stereocenters. The molecule has 118 valence electrons. The van der Waals surface area contributed by atoms with E-state index in [0.29, 0.717) is 0 Å². The highest BCUT2D eigenvalue weighted by Gasteiger charge is 2.40. The zero-order valence-electron chi connectivity index (χ0n) is 11.5. The number of ether oxygens (including phenoxy) is 1. The lowest BCUT2D eigenvalue weighted by Gasteiger charge is -2.32. The number of likely N-dealkylation sites (N-methyl/N-ethyl adjacent to an activating group) is 1. The fraction of sp³-hybridized carbons (Fsp3) is 0.231. The fourth-order valence-corrected chi connectivity index (χ4v) is 2.41. The molecule has 0 saturated carbocycles. The lowest BCUT2D eigenvalue weighted by molar-refractivity contribution is -0.149. The molecular formula is C13H11BrF2N2O4. The van der Waals surface area contributed by atoms with Crippen LogP contribution in [0.5, 0.6) is 0 Å². The van der Waals surface area contributed by atoms with Crippen molar-refractivity contribution in [3.8, 4) is 0 Å². The van der Waals surface area contributed by atoms with Gasteiger partial charge in [-0.2, -0.15) is 0 Å². The molecule has 1 aromatic carbocycles. The van der Waals surface area contributed by atoms with E-state index in [0.717, 1.165) is 24.3 Å². The van der Waals surface area contributed by atoms with Crippen LogP contribution in [0.25, 0.3) is 5.70 Å². The van der Waals surface area contributed by atoms with E-state index in [1.807, 2.05) is 0 Å². The number of carboxylic acid groups (broad SMARTS) is 1. The minimum atomic E-state index is -1.53. The first kappa shape index (κ1) is 16.4. The Kier molecular flexibility index (Phi) is 4.47. The maximum atomic E-state index is 14.1. The van der Waals surface area contributed by atoms with Gasteiger partial charge in [-0.1, -0.05) is 0 Å². The van der Waals surface area contributed by atoms with Crippen molar-refractivity contribution in [2.75, 3.05) is 14.2 Å². The molecule has 1 unspecified atom stereocenters. The minimum absolute atomic E-state index is 0.0766. The van der Waals surface area contributed by atoms with Crippen LogP contribution in [0.2, 0.25) is 0 Å². The molecule has 2 N–H and O–H groups in total. The summed E-state index contributed by atoms with van der Waals surface area (Å²) < 4.78 is 32.5. The van der Waals surface area contributed by atoms with Crippen LogP contribution in [-0.2, 0) is 14.3 Å². The number of halogens is 3. The van der Waals surface area contributed by atoms with Crippen LogP contribution in [-0.4, -0.2) is 42.1 Å². The number of nitrogens with one attached hydrogen (secondary N) is 1. The number of carbonyl (C=O) groups excluding carboxylic acids is 1. The first-order valence-electron chi connectivity index (χ1n) is 5.97. The number of hydrogen-bond acceptors (Lipinski definition) is 5. The topological polar surface area (TPSA) is 78.9 Å². The minimum Gasteiger partial charge on any atom is -0.491 e. The van der Waals surface area contributed by atoms with E-state index < -0.39 is 29.4 Å². The number of methoxy groups -OCH3 is 1. The Bertz CT molecular complexity index is 693. The van der Waals surface area contributed by atoms with Crippen LogP contribution in [0, 0.1) is 11.6 Å². The lowest BCUT2D eigenvalue weighted by Crippen LogP contribution is -2.55. The van der Waals surface area contributed by atoms with Gasteiger partial charge >= 0.3 is 5.97 Å². The van der Waals surface area contributed by atoms with E-state index in [9.17, 15) is 18.4 Å². The lowest BCUT2D eigenvalue weighted by atomic mass is 10.0. The molecule has 1 aromatic rings. The summed E-state index contributed by atoms with van der Waals surface area (Å²) in [6.45, 7) is 0. The van der Waals surface area contributed by atoms with Gasteiger partial charge < -0.3 is 15.3 Å². The van der Waals surface area contributed by atoms with Gasteiger partial charge in [0, 0.05) is 12.6 Å². The van der Waals surface area contributed by atoms with Crippen molar-refractivity contribution in [1.82, 2.24) is 10.4 Å². The van der Waals surface area contributed by atoms with E-state index >= 15 is 0 Å². The number of Topliss-reactive ketones (excluding diaryl/α,β-unsaturated/α-hetero) is 1. The predicted octanol–water partition coefficient (Wildman–Crippen LogP) is 1.51. The van der Waals surface area contributed by atoms with Crippen molar-refractivity contribution in [1.29, 1.82) is 0 Å². The molecule has 1 aliphatic rings. The number of aliphatic carboxylic acids is 1. The Morgan fingerprint density at radius 2 is 2.05 bits per heavy atom. The Morgan fingerprint density at radius 3 is 2.59 bits per heavy atom. The average Bonchev–Trinajstić information content (AvgIpc) is 2.42. The highest BCUT2D eigenvalue weighted by Crippen LogP contribution is 2.29. The van der Waals surface area contributed by atoms with Crippen molar-refractivity contribution in [3.63, 3.8) is 0 Å². The number of benzene rings is 1. The highest BCUT2D eigenvalue weighted by molar-refractivity contribution is 9.10. The van der Waals surface area contributed by atoms with Gasteiger partial charge in [0.1, 0.15) is 17.3 Å². The molecule has 1 heterocycles. The van der Waals surface area contributed by atoms with E-state index in [4.69, 9.17) is 9.84 Å². The smallest absolute Gasteiger partial charge is 0.331 e. The number of rotatable bonds is 3. The van der Waals surface area contributed by atoms with E-state index in [2.05, 4.69) is 21.4 Å². The maximum absolute atomic E-state index is 14.1. The number of nitrogens with zero attached hydrogens (tertiary/aromatic N) is 1.